The number of amidine groups is 1. The Morgan fingerprint density at radius 1 is 1.31 bits per heavy atom. The lowest BCUT2D eigenvalue weighted by atomic mass is 10.0. The van der Waals surface area contributed by atoms with Crippen LogP contribution < -0.4 is 21.8 Å². The average molecular weight is 214 g/mol. The molecule has 2 aliphatic heterocycles. The fourth-order valence-electron chi connectivity index (χ4n) is 2.02. The van der Waals surface area contributed by atoms with Gasteiger partial charge < -0.3 is 16.4 Å². The molecule has 2 heterocycles. The second-order valence-electron chi connectivity index (χ2n) is 3.81. The molecule has 0 radical (unpaired) electrons. The summed E-state index contributed by atoms with van der Waals surface area (Å²) in [5, 5.41) is 19.4. The molecule has 6 nitrogen and oxygen atoms in total. The van der Waals surface area contributed by atoms with Crippen molar-refractivity contribution in [1.82, 2.24) is 5.43 Å². The van der Waals surface area contributed by atoms with Gasteiger partial charge in [-0.2, -0.15) is 10.4 Å². The Bertz CT molecular complexity index is 489. The minimum absolute atomic E-state index is 0.287. The second kappa shape index (κ2) is 2.79. The lowest BCUT2D eigenvalue weighted by molar-refractivity contribution is 0.438. The van der Waals surface area contributed by atoms with Crippen LogP contribution in [0.5, 0.6) is 0 Å². The summed E-state index contributed by atoms with van der Waals surface area (Å²) in [7, 11) is 0. The maximum absolute atomic E-state index is 9.11. The normalized spacial score (nSPS) is 23.7. The van der Waals surface area contributed by atoms with Crippen LogP contribution in [-0.2, 0) is 0 Å². The zero-order chi connectivity index (χ0) is 11.2. The molecule has 0 amide bonds. The molecule has 0 saturated heterocycles. The number of para-hydroxylation sites is 2. The fraction of sp³-hybridized carbons (Fsp3) is 0.200. The van der Waals surface area contributed by atoms with Gasteiger partial charge in [0.05, 0.1) is 17.4 Å². The van der Waals surface area contributed by atoms with Crippen LogP contribution in [0.2, 0.25) is 0 Å². The summed E-state index contributed by atoms with van der Waals surface area (Å²) in [6.45, 7) is 0. The van der Waals surface area contributed by atoms with E-state index >= 15 is 0 Å². The van der Waals surface area contributed by atoms with E-state index in [1.807, 2.05) is 24.3 Å². The summed E-state index contributed by atoms with van der Waals surface area (Å²) in [6.07, 6.45) is 0. The van der Waals surface area contributed by atoms with Crippen LogP contribution in [-0.4, -0.2) is 11.6 Å². The molecule has 1 aromatic carbocycles. The van der Waals surface area contributed by atoms with Crippen molar-refractivity contribution in [3.05, 3.63) is 24.3 Å². The Hall–Kier alpha value is -2.42. The standard InChI is InChI=1S/C10H10N6/c11-5-6-9(12)15-16-10(6)13-7-3-1-2-4-8(7)14-10/h1-4,6,13-14,16H,(H2,12,15). The number of benzene rings is 1. The van der Waals surface area contributed by atoms with Crippen molar-refractivity contribution in [2.45, 2.75) is 5.79 Å². The molecule has 80 valence electrons. The number of hydrogen-bond acceptors (Lipinski definition) is 6. The third-order valence-electron chi connectivity index (χ3n) is 2.81. The van der Waals surface area contributed by atoms with Gasteiger partial charge in [-0.25, -0.2) is 0 Å². The highest BCUT2D eigenvalue weighted by molar-refractivity contribution is 5.91. The van der Waals surface area contributed by atoms with Crippen molar-refractivity contribution < 1.29 is 0 Å². The first-order valence-corrected chi connectivity index (χ1v) is 4.90. The number of fused-ring (bicyclic) bond motifs is 1. The van der Waals surface area contributed by atoms with Gasteiger partial charge in [-0.15, -0.1) is 0 Å². The maximum atomic E-state index is 9.11. The quantitative estimate of drug-likeness (QED) is 0.494. The van der Waals surface area contributed by atoms with Crippen LogP contribution in [0, 0.1) is 17.2 Å². The van der Waals surface area contributed by atoms with Gasteiger partial charge in [-0.05, 0) is 12.1 Å². The highest BCUT2D eigenvalue weighted by Crippen LogP contribution is 2.37. The molecule has 1 atom stereocenters. The van der Waals surface area contributed by atoms with E-state index in [1.165, 1.54) is 0 Å². The van der Waals surface area contributed by atoms with E-state index in [0.29, 0.717) is 0 Å². The topological polar surface area (TPSA) is 98.3 Å². The molecule has 0 aromatic heterocycles. The van der Waals surface area contributed by atoms with E-state index < -0.39 is 11.7 Å². The number of anilines is 2. The first-order valence-electron chi connectivity index (χ1n) is 4.90. The first kappa shape index (κ1) is 8.85. The van der Waals surface area contributed by atoms with E-state index in [0.717, 1.165) is 11.4 Å². The molecular weight excluding hydrogens is 204 g/mol. The van der Waals surface area contributed by atoms with E-state index in [9.17, 15) is 0 Å². The van der Waals surface area contributed by atoms with Crippen molar-refractivity contribution in [2.24, 2.45) is 16.8 Å². The molecule has 6 heteroatoms. The highest BCUT2D eigenvalue weighted by Gasteiger charge is 2.49. The molecule has 1 unspecified atom stereocenters. The maximum Gasteiger partial charge on any atom is 0.224 e. The molecule has 2 aliphatic rings. The van der Waals surface area contributed by atoms with Gasteiger partial charge in [0, 0.05) is 0 Å². The summed E-state index contributed by atoms with van der Waals surface area (Å²) < 4.78 is 0. The smallest absolute Gasteiger partial charge is 0.224 e. The molecule has 0 aliphatic carbocycles. The number of nitrogens with zero attached hydrogens (tertiary/aromatic N) is 2. The van der Waals surface area contributed by atoms with E-state index in [-0.39, 0.29) is 5.84 Å². The lowest BCUT2D eigenvalue weighted by Crippen LogP contribution is -2.56. The Kier molecular flexibility index (Phi) is 1.55. The molecule has 1 spiro atoms. The zero-order valence-electron chi connectivity index (χ0n) is 8.36. The Balaban J connectivity index is 1.99. The molecular formula is C10H10N6. The van der Waals surface area contributed by atoms with E-state index in [1.54, 1.807) is 0 Å². The van der Waals surface area contributed by atoms with E-state index in [4.69, 9.17) is 11.0 Å². The Morgan fingerprint density at radius 3 is 2.50 bits per heavy atom. The predicted molar refractivity (Wildman–Crippen MR) is 60.3 cm³/mol. The van der Waals surface area contributed by atoms with Crippen LogP contribution in [0.25, 0.3) is 0 Å². The minimum atomic E-state index is -0.803. The largest absolute Gasteiger partial charge is 0.384 e. The van der Waals surface area contributed by atoms with Crippen LogP contribution >= 0.6 is 0 Å². The van der Waals surface area contributed by atoms with Gasteiger partial charge >= 0.3 is 0 Å². The van der Waals surface area contributed by atoms with Gasteiger partial charge in [-0.1, -0.05) is 12.1 Å². The first-order chi connectivity index (χ1) is 7.75. The number of nitriles is 1. The van der Waals surface area contributed by atoms with Crippen molar-refractivity contribution in [3.63, 3.8) is 0 Å². The summed E-state index contributed by atoms with van der Waals surface area (Å²) in [5.74, 6) is -1.06. The van der Waals surface area contributed by atoms with Gasteiger partial charge in [0.2, 0.25) is 5.79 Å². The molecule has 0 bridgehead atoms. The van der Waals surface area contributed by atoms with Crippen molar-refractivity contribution in [1.29, 1.82) is 5.26 Å². The molecule has 1 aromatic rings. The Morgan fingerprint density at radius 2 is 1.94 bits per heavy atom. The van der Waals surface area contributed by atoms with Gasteiger partial charge in [-0.3, -0.25) is 5.43 Å². The number of nitrogens with two attached hydrogens (primary N) is 1. The average Bonchev–Trinajstić information content (AvgIpc) is 2.80. The molecule has 0 saturated carbocycles. The number of nitrogens with one attached hydrogen (secondary N) is 3. The van der Waals surface area contributed by atoms with Crippen LogP contribution in [0.4, 0.5) is 11.4 Å². The lowest BCUT2D eigenvalue weighted by Gasteiger charge is -2.27. The van der Waals surface area contributed by atoms with Crippen molar-refractivity contribution in [2.75, 3.05) is 10.6 Å². The summed E-state index contributed by atoms with van der Waals surface area (Å²) >= 11 is 0. The molecule has 0 fully saturated rings. The fourth-order valence-corrected chi connectivity index (χ4v) is 2.02. The van der Waals surface area contributed by atoms with Crippen LogP contribution in [0.15, 0.2) is 29.4 Å². The summed E-state index contributed by atoms with van der Waals surface area (Å²) in [4.78, 5) is 0. The summed E-state index contributed by atoms with van der Waals surface area (Å²) in [6, 6.07) is 9.85. The van der Waals surface area contributed by atoms with Gasteiger partial charge in [0.15, 0.2) is 5.92 Å². The Labute approximate surface area is 92.1 Å². The third-order valence-corrected chi connectivity index (χ3v) is 2.81. The third kappa shape index (κ3) is 0.969. The molecule has 5 N–H and O–H groups in total. The predicted octanol–water partition coefficient (Wildman–Crippen LogP) is 0.193. The number of hydrazone groups is 1. The molecule has 16 heavy (non-hydrogen) atoms. The number of hydrogen-bond donors (Lipinski definition) is 4. The SMILES string of the molecule is N#CC1C(N)=NNC12Nc1ccccc1N2. The van der Waals surface area contributed by atoms with Gasteiger partial charge in [0.25, 0.3) is 0 Å². The van der Waals surface area contributed by atoms with E-state index in [2.05, 4.69) is 27.2 Å². The zero-order valence-corrected chi connectivity index (χ0v) is 8.36. The van der Waals surface area contributed by atoms with Gasteiger partial charge in [0.1, 0.15) is 5.84 Å². The van der Waals surface area contributed by atoms with Crippen LogP contribution in [0.1, 0.15) is 0 Å². The van der Waals surface area contributed by atoms with Crippen LogP contribution in [0.3, 0.4) is 0 Å². The van der Waals surface area contributed by atoms with Crippen molar-refractivity contribution >= 4 is 17.2 Å². The molecule has 3 rings (SSSR count). The number of rotatable bonds is 0. The second-order valence-corrected chi connectivity index (χ2v) is 3.81. The van der Waals surface area contributed by atoms with Crippen molar-refractivity contribution in [3.8, 4) is 6.07 Å². The summed E-state index contributed by atoms with van der Waals surface area (Å²) in [5.41, 5.74) is 10.4. The monoisotopic (exact) mass is 214 g/mol. The minimum Gasteiger partial charge on any atom is -0.384 e. The highest BCUT2D eigenvalue weighted by atomic mass is 15.6.